The Bertz CT molecular complexity index is 1030. The zero-order chi connectivity index (χ0) is 23.6. The third-order valence-electron chi connectivity index (χ3n) is 5.92. The standard InChI is InChI=1S/C25H33N3O4/c1-7-14-32-19-10-8-18(9-11-19)22-21(23(29)20-15(2)16(3)26-17(20)4)24(30)25(31)28(22)13-12-27(5)6/h8-11,22,26,29H,7,12-14H2,1-6H3/b23-21+. The van der Waals surface area contributed by atoms with E-state index in [-0.39, 0.29) is 11.3 Å². The number of aryl methyl sites for hydroxylation is 2. The summed E-state index contributed by atoms with van der Waals surface area (Å²) in [5.41, 5.74) is 4.01. The Kier molecular flexibility index (Phi) is 7.09. The van der Waals surface area contributed by atoms with Gasteiger partial charge in [-0.1, -0.05) is 19.1 Å². The van der Waals surface area contributed by atoms with Crippen molar-refractivity contribution in [3.05, 3.63) is 57.9 Å². The van der Waals surface area contributed by atoms with Crippen molar-refractivity contribution in [2.45, 2.75) is 40.2 Å². The monoisotopic (exact) mass is 439 g/mol. The summed E-state index contributed by atoms with van der Waals surface area (Å²) in [5.74, 6) is -0.650. The predicted octanol–water partition coefficient (Wildman–Crippen LogP) is 3.71. The molecule has 2 N–H and O–H groups in total. The van der Waals surface area contributed by atoms with Crippen LogP contribution in [0.1, 0.15) is 47.5 Å². The maximum atomic E-state index is 13.1. The summed E-state index contributed by atoms with van der Waals surface area (Å²) in [6.07, 6.45) is 0.904. The first-order valence-electron chi connectivity index (χ1n) is 11.0. The SMILES string of the molecule is CCCOc1ccc(C2/C(=C(\O)c3c(C)[nH]c(C)c3C)C(=O)C(=O)N2CCN(C)C)cc1. The largest absolute Gasteiger partial charge is 0.507 e. The quantitative estimate of drug-likeness (QED) is 0.372. The number of aromatic amines is 1. The number of likely N-dealkylation sites (N-methyl/N-ethyl adjacent to an activating group) is 1. The van der Waals surface area contributed by atoms with E-state index < -0.39 is 17.7 Å². The zero-order valence-electron chi connectivity index (χ0n) is 19.8. The van der Waals surface area contributed by atoms with Gasteiger partial charge in [-0.3, -0.25) is 9.59 Å². The zero-order valence-corrected chi connectivity index (χ0v) is 19.8. The van der Waals surface area contributed by atoms with E-state index in [1.165, 1.54) is 0 Å². The van der Waals surface area contributed by atoms with Crippen LogP contribution in [-0.2, 0) is 9.59 Å². The van der Waals surface area contributed by atoms with E-state index in [2.05, 4.69) is 4.98 Å². The number of aliphatic hydroxyl groups excluding tert-OH is 1. The third kappa shape index (κ3) is 4.43. The lowest BCUT2D eigenvalue weighted by Gasteiger charge is -2.26. The van der Waals surface area contributed by atoms with E-state index in [0.29, 0.717) is 25.3 Å². The summed E-state index contributed by atoms with van der Waals surface area (Å²) >= 11 is 0. The van der Waals surface area contributed by atoms with Crippen molar-refractivity contribution in [3.8, 4) is 5.75 Å². The van der Waals surface area contributed by atoms with Gasteiger partial charge in [-0.2, -0.15) is 0 Å². The molecule has 1 saturated heterocycles. The Hall–Kier alpha value is -3.06. The molecule has 0 radical (unpaired) electrons. The van der Waals surface area contributed by atoms with E-state index >= 15 is 0 Å². The van der Waals surface area contributed by atoms with Crippen LogP contribution in [0.3, 0.4) is 0 Å². The van der Waals surface area contributed by atoms with E-state index in [1.807, 2.05) is 71.0 Å². The number of ether oxygens (including phenoxy) is 1. The molecule has 172 valence electrons. The lowest BCUT2D eigenvalue weighted by Crippen LogP contribution is -2.35. The molecule has 2 aromatic rings. The van der Waals surface area contributed by atoms with Crippen LogP contribution in [0.15, 0.2) is 29.8 Å². The summed E-state index contributed by atoms with van der Waals surface area (Å²) < 4.78 is 5.68. The fourth-order valence-corrected chi connectivity index (χ4v) is 4.13. The van der Waals surface area contributed by atoms with Crippen LogP contribution in [-0.4, -0.2) is 65.4 Å². The summed E-state index contributed by atoms with van der Waals surface area (Å²) in [7, 11) is 3.83. The molecule has 0 bridgehead atoms. The minimum Gasteiger partial charge on any atom is -0.507 e. The first kappa shape index (κ1) is 23.6. The van der Waals surface area contributed by atoms with Gasteiger partial charge < -0.3 is 24.6 Å². The van der Waals surface area contributed by atoms with Gasteiger partial charge in [0.15, 0.2) is 0 Å². The topological polar surface area (TPSA) is 85.9 Å². The van der Waals surface area contributed by atoms with Crippen molar-refractivity contribution in [1.29, 1.82) is 0 Å². The van der Waals surface area contributed by atoms with E-state index in [0.717, 1.165) is 34.7 Å². The molecule has 0 saturated carbocycles. The van der Waals surface area contributed by atoms with Gasteiger partial charge in [0.1, 0.15) is 11.5 Å². The number of hydrogen-bond acceptors (Lipinski definition) is 5. The highest BCUT2D eigenvalue weighted by Crippen LogP contribution is 2.41. The molecule has 1 unspecified atom stereocenters. The molecule has 7 heteroatoms. The highest BCUT2D eigenvalue weighted by atomic mass is 16.5. The number of nitrogens with zero attached hydrogens (tertiary/aromatic N) is 2. The molecule has 1 amide bonds. The van der Waals surface area contributed by atoms with Crippen LogP contribution in [0.2, 0.25) is 0 Å². The molecule has 1 aliphatic heterocycles. The van der Waals surface area contributed by atoms with Crippen molar-refractivity contribution in [2.75, 3.05) is 33.8 Å². The lowest BCUT2D eigenvalue weighted by molar-refractivity contribution is -0.140. The molecule has 32 heavy (non-hydrogen) atoms. The molecule has 0 aliphatic carbocycles. The van der Waals surface area contributed by atoms with Crippen molar-refractivity contribution in [3.63, 3.8) is 0 Å². The molecular formula is C25H33N3O4. The number of ketones is 1. The number of aromatic nitrogens is 1. The second-order valence-electron chi connectivity index (χ2n) is 8.59. The number of carbonyl (C=O) groups is 2. The Labute approximate surface area is 189 Å². The Morgan fingerprint density at radius 3 is 2.31 bits per heavy atom. The second-order valence-corrected chi connectivity index (χ2v) is 8.59. The van der Waals surface area contributed by atoms with Gasteiger partial charge in [-0.15, -0.1) is 0 Å². The first-order chi connectivity index (χ1) is 15.2. The molecule has 1 aromatic heterocycles. The van der Waals surface area contributed by atoms with Gasteiger partial charge in [0.25, 0.3) is 11.7 Å². The van der Waals surface area contributed by atoms with Crippen LogP contribution in [0.5, 0.6) is 5.75 Å². The van der Waals surface area contributed by atoms with Gasteiger partial charge in [-0.05, 0) is 64.5 Å². The van der Waals surface area contributed by atoms with Crippen LogP contribution < -0.4 is 4.74 Å². The molecule has 1 fully saturated rings. The van der Waals surface area contributed by atoms with Crippen molar-refractivity contribution in [2.24, 2.45) is 0 Å². The molecule has 3 rings (SSSR count). The molecule has 1 aromatic carbocycles. The summed E-state index contributed by atoms with van der Waals surface area (Å²) in [6, 6.07) is 6.74. The number of nitrogens with one attached hydrogen (secondary N) is 1. The Morgan fingerprint density at radius 1 is 1.12 bits per heavy atom. The van der Waals surface area contributed by atoms with Crippen molar-refractivity contribution in [1.82, 2.24) is 14.8 Å². The average molecular weight is 440 g/mol. The van der Waals surface area contributed by atoms with Crippen LogP contribution in [0, 0.1) is 20.8 Å². The number of aliphatic hydroxyl groups is 1. The van der Waals surface area contributed by atoms with Gasteiger partial charge in [0, 0.05) is 30.0 Å². The molecular weight excluding hydrogens is 406 g/mol. The number of rotatable bonds is 8. The summed E-state index contributed by atoms with van der Waals surface area (Å²) in [5, 5.41) is 11.3. The van der Waals surface area contributed by atoms with Crippen molar-refractivity contribution < 1.29 is 19.4 Å². The van der Waals surface area contributed by atoms with Gasteiger partial charge in [0.05, 0.1) is 18.2 Å². The van der Waals surface area contributed by atoms with Gasteiger partial charge in [-0.25, -0.2) is 0 Å². The number of amides is 1. The molecule has 2 heterocycles. The maximum Gasteiger partial charge on any atom is 0.295 e. The molecule has 1 atom stereocenters. The van der Waals surface area contributed by atoms with Crippen molar-refractivity contribution >= 4 is 17.4 Å². The highest BCUT2D eigenvalue weighted by Gasteiger charge is 2.46. The van der Waals surface area contributed by atoms with E-state index in [1.54, 1.807) is 4.90 Å². The Balaban J connectivity index is 2.13. The Morgan fingerprint density at radius 2 is 1.78 bits per heavy atom. The number of H-pyrrole nitrogens is 1. The third-order valence-corrected chi connectivity index (χ3v) is 5.92. The molecule has 0 spiro atoms. The number of hydrogen-bond donors (Lipinski definition) is 2. The van der Waals surface area contributed by atoms with E-state index in [9.17, 15) is 14.7 Å². The fourth-order valence-electron chi connectivity index (χ4n) is 4.13. The minimum absolute atomic E-state index is 0.126. The average Bonchev–Trinajstić information content (AvgIpc) is 3.16. The summed E-state index contributed by atoms with van der Waals surface area (Å²) in [4.78, 5) is 32.9. The molecule has 7 nitrogen and oxygen atoms in total. The smallest absolute Gasteiger partial charge is 0.295 e. The normalized spacial score (nSPS) is 18.1. The first-order valence-corrected chi connectivity index (χ1v) is 11.0. The number of likely N-dealkylation sites (tertiary alicyclic amines) is 1. The maximum absolute atomic E-state index is 13.1. The fraction of sp³-hybridized carbons (Fsp3) is 0.440. The van der Waals surface area contributed by atoms with Crippen LogP contribution >= 0.6 is 0 Å². The van der Waals surface area contributed by atoms with Crippen LogP contribution in [0.4, 0.5) is 0 Å². The van der Waals surface area contributed by atoms with Crippen LogP contribution in [0.25, 0.3) is 5.76 Å². The van der Waals surface area contributed by atoms with Gasteiger partial charge >= 0.3 is 0 Å². The second kappa shape index (κ2) is 9.61. The molecule has 1 aliphatic rings. The van der Waals surface area contributed by atoms with E-state index in [4.69, 9.17) is 4.74 Å². The number of benzene rings is 1. The lowest BCUT2D eigenvalue weighted by atomic mass is 9.94. The minimum atomic E-state index is -0.663. The number of Topliss-reactive ketones (excluding diaryl/α,β-unsaturated/α-hetero) is 1. The number of carbonyl (C=O) groups excluding carboxylic acids is 2. The highest BCUT2D eigenvalue weighted by molar-refractivity contribution is 6.46. The van der Waals surface area contributed by atoms with Gasteiger partial charge in [0.2, 0.25) is 0 Å². The summed E-state index contributed by atoms with van der Waals surface area (Å²) in [6.45, 7) is 9.30. The predicted molar refractivity (Wildman–Crippen MR) is 125 cm³/mol.